The van der Waals surface area contributed by atoms with E-state index >= 15 is 0 Å². The average Bonchev–Trinajstić information content (AvgIpc) is 3.13. The molecule has 4 heterocycles. The normalized spacial score (nSPS) is 14.4. The van der Waals surface area contributed by atoms with Crippen molar-refractivity contribution in [2.75, 3.05) is 18.1 Å². The minimum atomic E-state index is -3.29. The lowest BCUT2D eigenvalue weighted by Crippen LogP contribution is -2.35. The van der Waals surface area contributed by atoms with E-state index in [0.717, 1.165) is 11.1 Å². The summed E-state index contributed by atoms with van der Waals surface area (Å²) in [6.07, 6.45) is 4.93. The number of allylic oxidation sites excluding steroid dienone is 1. The van der Waals surface area contributed by atoms with Gasteiger partial charge in [0, 0.05) is 25.0 Å². The molecule has 12 heteroatoms. The van der Waals surface area contributed by atoms with Crippen LogP contribution >= 0.6 is 0 Å². The molecular formula is C26H29N7O4S. The van der Waals surface area contributed by atoms with Crippen molar-refractivity contribution in [2.45, 2.75) is 39.0 Å². The van der Waals surface area contributed by atoms with Gasteiger partial charge in [0.1, 0.15) is 11.0 Å². The molecule has 0 atom stereocenters. The number of benzene rings is 1. The highest BCUT2D eigenvalue weighted by atomic mass is 32.2. The van der Waals surface area contributed by atoms with Crippen LogP contribution in [0.4, 0.5) is 11.6 Å². The SMILES string of the molecule is C=CCn1c(=O)c2cnc(Nc3ccc4c(c3)CN(S(C)(=O)=O)CC4)nc2n1-c1cccc(C(C)(C)O)n1. The molecule has 38 heavy (non-hydrogen) atoms. The van der Waals surface area contributed by atoms with Crippen molar-refractivity contribution in [2.24, 2.45) is 0 Å². The second kappa shape index (κ2) is 9.46. The Kier molecular flexibility index (Phi) is 6.41. The molecular weight excluding hydrogens is 506 g/mol. The Balaban J connectivity index is 1.57. The highest BCUT2D eigenvalue weighted by Gasteiger charge is 2.24. The number of aliphatic hydroxyl groups is 1. The van der Waals surface area contributed by atoms with E-state index in [0.29, 0.717) is 47.7 Å². The molecule has 198 valence electrons. The van der Waals surface area contributed by atoms with Gasteiger partial charge < -0.3 is 10.4 Å². The summed E-state index contributed by atoms with van der Waals surface area (Å²) in [5, 5.41) is 14.0. The molecule has 1 aliphatic heterocycles. The number of nitrogens with zero attached hydrogens (tertiary/aromatic N) is 6. The van der Waals surface area contributed by atoms with Crippen LogP contribution in [0.3, 0.4) is 0 Å². The van der Waals surface area contributed by atoms with Crippen LogP contribution in [0.15, 0.2) is 60.0 Å². The van der Waals surface area contributed by atoms with Crippen molar-refractivity contribution < 1.29 is 13.5 Å². The summed E-state index contributed by atoms with van der Waals surface area (Å²) in [4.78, 5) is 26.8. The van der Waals surface area contributed by atoms with Gasteiger partial charge in [-0.1, -0.05) is 18.2 Å². The van der Waals surface area contributed by atoms with Crippen LogP contribution in [0, 0.1) is 0 Å². The summed E-state index contributed by atoms with van der Waals surface area (Å²) in [6, 6.07) is 11.0. The lowest BCUT2D eigenvalue weighted by Gasteiger charge is -2.27. The Morgan fingerprint density at radius 1 is 1.18 bits per heavy atom. The minimum absolute atomic E-state index is 0.216. The molecule has 3 aromatic heterocycles. The summed E-state index contributed by atoms with van der Waals surface area (Å²) in [5.41, 5.74) is 2.02. The van der Waals surface area contributed by atoms with Crippen LogP contribution in [-0.2, 0) is 35.1 Å². The number of hydrogen-bond acceptors (Lipinski definition) is 8. The number of hydrogen-bond donors (Lipinski definition) is 2. The van der Waals surface area contributed by atoms with E-state index in [9.17, 15) is 18.3 Å². The van der Waals surface area contributed by atoms with Gasteiger partial charge in [-0.15, -0.1) is 6.58 Å². The van der Waals surface area contributed by atoms with Gasteiger partial charge in [0.15, 0.2) is 11.5 Å². The van der Waals surface area contributed by atoms with Gasteiger partial charge in [-0.2, -0.15) is 9.29 Å². The van der Waals surface area contributed by atoms with Gasteiger partial charge in [0.05, 0.1) is 18.5 Å². The molecule has 0 aliphatic carbocycles. The van der Waals surface area contributed by atoms with Crippen molar-refractivity contribution in [3.63, 3.8) is 0 Å². The fraction of sp³-hybridized carbons (Fsp3) is 0.308. The fourth-order valence-electron chi connectivity index (χ4n) is 4.51. The second-order valence-corrected chi connectivity index (χ2v) is 11.8. The number of sulfonamides is 1. The zero-order valence-electron chi connectivity index (χ0n) is 21.4. The van der Waals surface area contributed by atoms with Crippen LogP contribution in [-0.4, -0.2) is 54.9 Å². The number of pyridine rings is 1. The molecule has 1 aromatic carbocycles. The quantitative estimate of drug-likeness (QED) is 0.345. The zero-order valence-corrected chi connectivity index (χ0v) is 22.2. The number of fused-ring (bicyclic) bond motifs is 2. The smallest absolute Gasteiger partial charge is 0.278 e. The van der Waals surface area contributed by atoms with Gasteiger partial charge in [0.25, 0.3) is 5.56 Å². The highest BCUT2D eigenvalue weighted by Crippen LogP contribution is 2.26. The maximum atomic E-state index is 13.2. The molecule has 2 N–H and O–H groups in total. The Labute approximate surface area is 220 Å². The highest BCUT2D eigenvalue weighted by molar-refractivity contribution is 7.88. The van der Waals surface area contributed by atoms with Crippen LogP contribution in [0.25, 0.3) is 16.9 Å². The van der Waals surface area contributed by atoms with Gasteiger partial charge in [-0.05, 0) is 55.7 Å². The summed E-state index contributed by atoms with van der Waals surface area (Å²) < 4.78 is 28.6. The Morgan fingerprint density at radius 2 is 1.97 bits per heavy atom. The lowest BCUT2D eigenvalue weighted by atomic mass is 10.0. The standard InChI is InChI=1S/C26H29N7O4S/c1-5-12-32-24(34)20-15-27-25(30-23(20)33(32)22-8-6-7-21(29-22)26(2,3)35)28-19-10-9-17-11-13-31(38(4,36)37)16-18(17)14-19/h5-10,14-15,35H,1,11-13,16H2,2-4H3,(H,27,28,30). The Bertz CT molecular complexity index is 1720. The van der Waals surface area contributed by atoms with Crippen molar-refractivity contribution >= 4 is 32.7 Å². The molecule has 0 bridgehead atoms. The first-order valence-corrected chi connectivity index (χ1v) is 13.9. The third-order valence-corrected chi connectivity index (χ3v) is 7.71. The van der Waals surface area contributed by atoms with Crippen LogP contribution in [0.1, 0.15) is 30.7 Å². The van der Waals surface area contributed by atoms with E-state index < -0.39 is 15.6 Å². The van der Waals surface area contributed by atoms with Crippen molar-refractivity contribution in [3.8, 4) is 5.82 Å². The van der Waals surface area contributed by atoms with E-state index in [1.165, 1.54) is 21.4 Å². The number of nitrogens with one attached hydrogen (secondary N) is 1. The van der Waals surface area contributed by atoms with Gasteiger partial charge in [-0.25, -0.2) is 27.7 Å². The molecule has 0 fully saturated rings. The molecule has 0 saturated heterocycles. The summed E-state index contributed by atoms with van der Waals surface area (Å²) in [7, 11) is -3.29. The first-order chi connectivity index (χ1) is 18.0. The number of aromatic nitrogens is 5. The largest absolute Gasteiger partial charge is 0.384 e. The molecule has 0 unspecified atom stereocenters. The average molecular weight is 536 g/mol. The van der Waals surface area contributed by atoms with Crippen LogP contribution in [0.5, 0.6) is 0 Å². The van der Waals surface area contributed by atoms with Crippen molar-refractivity contribution in [3.05, 3.63) is 82.4 Å². The minimum Gasteiger partial charge on any atom is -0.384 e. The van der Waals surface area contributed by atoms with E-state index in [-0.39, 0.29) is 18.1 Å². The second-order valence-electron chi connectivity index (χ2n) is 9.81. The maximum Gasteiger partial charge on any atom is 0.278 e. The topological polar surface area (TPSA) is 135 Å². The molecule has 0 spiro atoms. The lowest BCUT2D eigenvalue weighted by molar-refractivity contribution is 0.0738. The molecule has 0 saturated carbocycles. The van der Waals surface area contributed by atoms with Crippen LogP contribution < -0.4 is 10.9 Å². The first kappa shape index (κ1) is 25.8. The van der Waals surface area contributed by atoms with E-state index in [1.807, 2.05) is 18.2 Å². The number of anilines is 2. The van der Waals surface area contributed by atoms with E-state index in [4.69, 9.17) is 0 Å². The monoisotopic (exact) mass is 535 g/mol. The molecule has 0 amide bonds. The maximum absolute atomic E-state index is 13.2. The molecule has 11 nitrogen and oxygen atoms in total. The molecule has 1 aliphatic rings. The molecule has 0 radical (unpaired) electrons. The summed E-state index contributed by atoms with van der Waals surface area (Å²) >= 11 is 0. The van der Waals surface area contributed by atoms with Crippen molar-refractivity contribution in [1.82, 2.24) is 28.6 Å². The van der Waals surface area contributed by atoms with E-state index in [2.05, 4.69) is 26.8 Å². The zero-order chi connectivity index (χ0) is 27.2. The predicted octanol–water partition coefficient (Wildman–Crippen LogP) is 2.45. The number of rotatable bonds is 7. The predicted molar refractivity (Wildman–Crippen MR) is 145 cm³/mol. The third kappa shape index (κ3) is 4.85. The van der Waals surface area contributed by atoms with Gasteiger partial charge in [0.2, 0.25) is 16.0 Å². The van der Waals surface area contributed by atoms with Crippen LogP contribution in [0.2, 0.25) is 0 Å². The van der Waals surface area contributed by atoms with E-state index in [1.54, 1.807) is 42.8 Å². The summed E-state index contributed by atoms with van der Waals surface area (Å²) in [6.45, 7) is 8.02. The van der Waals surface area contributed by atoms with Gasteiger partial charge >= 0.3 is 0 Å². The van der Waals surface area contributed by atoms with Gasteiger partial charge in [-0.3, -0.25) is 4.79 Å². The fourth-order valence-corrected chi connectivity index (χ4v) is 5.31. The van der Waals surface area contributed by atoms with Crippen molar-refractivity contribution in [1.29, 1.82) is 0 Å². The Morgan fingerprint density at radius 3 is 2.68 bits per heavy atom. The Hall–Kier alpha value is -3.87. The third-order valence-electron chi connectivity index (χ3n) is 6.46. The summed E-state index contributed by atoms with van der Waals surface area (Å²) in [5.74, 6) is 0.675. The molecule has 5 rings (SSSR count). The first-order valence-electron chi connectivity index (χ1n) is 12.1. The molecule has 4 aromatic rings.